The number of ether oxygens (including phenoxy) is 2. The SMILES string of the molecule is CCCCCC#CC[C@H]1C=CC(=O)C1C(O)[C@H]1O[C@@H]1CCCC(=O)OC. The number of epoxide rings is 1. The summed E-state index contributed by atoms with van der Waals surface area (Å²) < 4.78 is 10.2. The van der Waals surface area contributed by atoms with Gasteiger partial charge in [-0.1, -0.05) is 25.8 Å². The molecule has 0 aromatic carbocycles. The van der Waals surface area contributed by atoms with Gasteiger partial charge < -0.3 is 14.6 Å². The lowest BCUT2D eigenvalue weighted by atomic mass is 9.85. The molecule has 1 N–H and O–H groups in total. The second kappa shape index (κ2) is 10.5. The van der Waals surface area contributed by atoms with Gasteiger partial charge >= 0.3 is 5.97 Å². The van der Waals surface area contributed by atoms with Crippen LogP contribution in [0.3, 0.4) is 0 Å². The highest BCUT2D eigenvalue weighted by Gasteiger charge is 2.50. The van der Waals surface area contributed by atoms with Crippen molar-refractivity contribution < 1.29 is 24.2 Å². The smallest absolute Gasteiger partial charge is 0.305 e. The first-order chi connectivity index (χ1) is 12.6. The van der Waals surface area contributed by atoms with Gasteiger partial charge in [-0.25, -0.2) is 0 Å². The van der Waals surface area contributed by atoms with Crippen LogP contribution in [0.25, 0.3) is 0 Å². The molecule has 2 unspecified atom stereocenters. The van der Waals surface area contributed by atoms with Gasteiger partial charge in [-0.2, -0.15) is 0 Å². The van der Waals surface area contributed by atoms with Crippen molar-refractivity contribution in [3.8, 4) is 11.8 Å². The second-order valence-corrected chi connectivity index (χ2v) is 7.06. The van der Waals surface area contributed by atoms with Crippen LogP contribution < -0.4 is 0 Å². The molecule has 0 amide bonds. The van der Waals surface area contributed by atoms with Gasteiger partial charge in [0, 0.05) is 25.2 Å². The maximum atomic E-state index is 12.2. The molecule has 26 heavy (non-hydrogen) atoms. The molecule has 1 fully saturated rings. The summed E-state index contributed by atoms with van der Waals surface area (Å²) in [6.07, 6.45) is 8.87. The van der Waals surface area contributed by atoms with Gasteiger partial charge in [-0.3, -0.25) is 9.59 Å². The first-order valence-electron chi connectivity index (χ1n) is 9.66. The third-order valence-electron chi connectivity index (χ3n) is 5.09. The number of carbonyl (C=O) groups is 2. The molecule has 5 nitrogen and oxygen atoms in total. The van der Waals surface area contributed by atoms with E-state index in [2.05, 4.69) is 23.5 Å². The van der Waals surface area contributed by atoms with Gasteiger partial charge in [0.2, 0.25) is 0 Å². The minimum Gasteiger partial charge on any atom is -0.469 e. The molecule has 1 heterocycles. The molecule has 144 valence electrons. The van der Waals surface area contributed by atoms with Crippen LogP contribution in [0.15, 0.2) is 12.2 Å². The molecule has 1 aliphatic heterocycles. The molecule has 0 aromatic rings. The lowest BCUT2D eigenvalue weighted by Gasteiger charge is -2.21. The average Bonchev–Trinajstić information content (AvgIpc) is 3.32. The van der Waals surface area contributed by atoms with E-state index in [1.165, 1.54) is 20.0 Å². The number of ketones is 1. The van der Waals surface area contributed by atoms with Crippen molar-refractivity contribution in [2.75, 3.05) is 7.11 Å². The van der Waals surface area contributed by atoms with E-state index in [9.17, 15) is 14.7 Å². The Balaban J connectivity index is 1.77. The summed E-state index contributed by atoms with van der Waals surface area (Å²) in [5.41, 5.74) is 0. The average molecular weight is 362 g/mol. The van der Waals surface area contributed by atoms with Crippen molar-refractivity contribution in [3.05, 3.63) is 12.2 Å². The third-order valence-corrected chi connectivity index (χ3v) is 5.09. The van der Waals surface area contributed by atoms with Crippen LogP contribution in [0, 0.1) is 23.7 Å². The number of unbranched alkanes of at least 4 members (excludes halogenated alkanes) is 3. The number of hydrogen-bond donors (Lipinski definition) is 1. The minimum absolute atomic E-state index is 0.0425. The summed E-state index contributed by atoms with van der Waals surface area (Å²) in [5.74, 6) is 5.54. The highest BCUT2D eigenvalue weighted by molar-refractivity contribution is 5.95. The number of hydrogen-bond acceptors (Lipinski definition) is 5. The van der Waals surface area contributed by atoms with E-state index in [-0.39, 0.29) is 29.9 Å². The van der Waals surface area contributed by atoms with Gasteiger partial charge in [-0.05, 0) is 25.3 Å². The largest absolute Gasteiger partial charge is 0.469 e. The van der Waals surface area contributed by atoms with Gasteiger partial charge in [0.05, 0.1) is 25.2 Å². The molecule has 0 radical (unpaired) electrons. The molecule has 5 heteroatoms. The minimum atomic E-state index is -0.812. The molecule has 0 aromatic heterocycles. The first kappa shape index (κ1) is 20.7. The van der Waals surface area contributed by atoms with Crippen molar-refractivity contribution >= 4 is 11.8 Å². The Morgan fingerprint density at radius 3 is 2.88 bits per heavy atom. The van der Waals surface area contributed by atoms with Crippen LogP contribution in [0.5, 0.6) is 0 Å². The predicted octanol–water partition coefficient (Wildman–Crippen LogP) is 2.80. The summed E-state index contributed by atoms with van der Waals surface area (Å²) in [4.78, 5) is 23.3. The van der Waals surface area contributed by atoms with Crippen molar-refractivity contribution in [1.29, 1.82) is 0 Å². The molecule has 0 bridgehead atoms. The van der Waals surface area contributed by atoms with Gasteiger partial charge in [-0.15, -0.1) is 11.8 Å². The number of methoxy groups -OCH3 is 1. The van der Waals surface area contributed by atoms with Crippen LogP contribution in [-0.4, -0.2) is 42.3 Å². The molecular formula is C21H30O5. The van der Waals surface area contributed by atoms with Crippen molar-refractivity contribution in [3.63, 3.8) is 0 Å². The van der Waals surface area contributed by atoms with Gasteiger partial charge in [0.15, 0.2) is 5.78 Å². The zero-order valence-electron chi connectivity index (χ0n) is 15.8. The number of aliphatic hydroxyl groups excluding tert-OH is 1. The summed E-state index contributed by atoms with van der Waals surface area (Å²) >= 11 is 0. The summed E-state index contributed by atoms with van der Waals surface area (Å²) in [6.45, 7) is 2.16. The Labute approximate surface area is 156 Å². The van der Waals surface area contributed by atoms with E-state index >= 15 is 0 Å². The van der Waals surface area contributed by atoms with E-state index in [0.29, 0.717) is 25.7 Å². The number of aliphatic hydroxyl groups is 1. The van der Waals surface area contributed by atoms with E-state index < -0.39 is 12.0 Å². The first-order valence-corrected chi connectivity index (χ1v) is 9.66. The van der Waals surface area contributed by atoms with Crippen LogP contribution in [0.4, 0.5) is 0 Å². The summed E-state index contributed by atoms with van der Waals surface area (Å²) in [6, 6.07) is 0. The lowest BCUT2D eigenvalue weighted by Crippen LogP contribution is -2.34. The second-order valence-electron chi connectivity index (χ2n) is 7.06. The van der Waals surface area contributed by atoms with E-state index in [0.717, 1.165) is 12.8 Å². The molecule has 0 spiro atoms. The maximum Gasteiger partial charge on any atom is 0.305 e. The predicted molar refractivity (Wildman–Crippen MR) is 98.2 cm³/mol. The van der Waals surface area contributed by atoms with Crippen molar-refractivity contribution in [2.24, 2.45) is 11.8 Å². The number of esters is 1. The standard InChI is InChI=1S/C21H30O5/c1-3-4-5-6-7-8-10-15-13-14-16(22)19(15)20(24)21-17(26-21)11-9-12-18(23)25-2/h13-15,17,19-21,24H,3-6,9-12H2,1-2H3/t15-,17+,19?,20?,21-/m0/s1. The Bertz CT molecular complexity index is 571. The Morgan fingerprint density at radius 2 is 2.15 bits per heavy atom. The Hall–Kier alpha value is -1.64. The molecule has 5 atom stereocenters. The fourth-order valence-corrected chi connectivity index (χ4v) is 3.46. The quantitative estimate of drug-likeness (QED) is 0.280. The van der Waals surface area contributed by atoms with Crippen LogP contribution >= 0.6 is 0 Å². The fraction of sp³-hybridized carbons (Fsp3) is 0.714. The van der Waals surface area contributed by atoms with E-state index in [1.807, 2.05) is 6.08 Å². The van der Waals surface area contributed by atoms with Crippen LogP contribution in [0.1, 0.15) is 58.3 Å². The Kier molecular flexibility index (Phi) is 8.34. The number of allylic oxidation sites excluding steroid dienone is 2. The zero-order valence-corrected chi connectivity index (χ0v) is 15.8. The molecular weight excluding hydrogens is 332 g/mol. The van der Waals surface area contributed by atoms with Crippen LogP contribution in [0.2, 0.25) is 0 Å². The highest BCUT2D eigenvalue weighted by atomic mass is 16.6. The van der Waals surface area contributed by atoms with E-state index in [4.69, 9.17) is 4.74 Å². The molecule has 1 aliphatic carbocycles. The molecule has 2 aliphatic rings. The number of rotatable bonds is 10. The fourth-order valence-electron chi connectivity index (χ4n) is 3.46. The maximum absolute atomic E-state index is 12.2. The highest BCUT2D eigenvalue weighted by Crippen LogP contribution is 2.38. The normalized spacial score (nSPS) is 27.7. The lowest BCUT2D eigenvalue weighted by molar-refractivity contribution is -0.140. The third kappa shape index (κ3) is 5.96. The summed E-state index contributed by atoms with van der Waals surface area (Å²) in [7, 11) is 1.37. The molecule has 1 saturated heterocycles. The van der Waals surface area contributed by atoms with Gasteiger partial charge in [0.1, 0.15) is 6.10 Å². The molecule has 2 rings (SSSR count). The van der Waals surface area contributed by atoms with E-state index in [1.54, 1.807) is 6.08 Å². The van der Waals surface area contributed by atoms with Crippen molar-refractivity contribution in [1.82, 2.24) is 0 Å². The summed E-state index contributed by atoms with van der Waals surface area (Å²) in [5, 5.41) is 10.6. The zero-order chi connectivity index (χ0) is 18.9. The molecule has 0 saturated carbocycles. The monoisotopic (exact) mass is 362 g/mol. The topological polar surface area (TPSA) is 76.1 Å². The van der Waals surface area contributed by atoms with Gasteiger partial charge in [0.25, 0.3) is 0 Å². The Morgan fingerprint density at radius 1 is 1.35 bits per heavy atom. The number of carbonyl (C=O) groups excluding carboxylic acids is 2. The van der Waals surface area contributed by atoms with Crippen LogP contribution in [-0.2, 0) is 19.1 Å². The van der Waals surface area contributed by atoms with Crippen molar-refractivity contribution in [2.45, 2.75) is 76.6 Å².